The third-order valence-corrected chi connectivity index (χ3v) is 5.44. The van der Waals surface area contributed by atoms with E-state index >= 15 is 0 Å². The summed E-state index contributed by atoms with van der Waals surface area (Å²) in [5.74, 6) is 0.560. The summed E-state index contributed by atoms with van der Waals surface area (Å²) in [5, 5.41) is 21.2. The zero-order chi connectivity index (χ0) is 21.2. The Morgan fingerprint density at radius 2 is 1.65 bits per heavy atom. The first-order valence-corrected chi connectivity index (χ1v) is 10.2. The Morgan fingerprint density at radius 3 is 2.39 bits per heavy atom. The van der Waals surface area contributed by atoms with Crippen molar-refractivity contribution in [3.63, 3.8) is 0 Å². The summed E-state index contributed by atoms with van der Waals surface area (Å²) >= 11 is 0. The molecular formula is C25H20FN5. The number of nitrogens with one attached hydrogen (secondary N) is 2. The number of benzene rings is 3. The highest BCUT2D eigenvalue weighted by atomic mass is 19.1. The van der Waals surface area contributed by atoms with E-state index < -0.39 is 0 Å². The minimum atomic E-state index is -0.274. The van der Waals surface area contributed by atoms with Gasteiger partial charge in [-0.25, -0.2) is 9.07 Å². The number of hydrogen-bond acceptors (Lipinski definition) is 4. The van der Waals surface area contributed by atoms with E-state index in [-0.39, 0.29) is 11.9 Å². The lowest BCUT2D eigenvalue weighted by Gasteiger charge is -2.20. The van der Waals surface area contributed by atoms with Crippen molar-refractivity contribution in [1.29, 1.82) is 5.26 Å². The first-order valence-electron chi connectivity index (χ1n) is 10.2. The topological polar surface area (TPSA) is 65.7 Å². The van der Waals surface area contributed by atoms with Gasteiger partial charge in [0.15, 0.2) is 0 Å². The zero-order valence-corrected chi connectivity index (χ0v) is 16.7. The molecule has 0 radical (unpaired) electrons. The van der Waals surface area contributed by atoms with Crippen LogP contribution in [0.1, 0.15) is 23.6 Å². The third kappa shape index (κ3) is 3.51. The molecule has 6 heteroatoms. The largest absolute Gasteiger partial charge is 0.372 e. The summed E-state index contributed by atoms with van der Waals surface area (Å²) < 4.78 is 15.5. The van der Waals surface area contributed by atoms with E-state index in [4.69, 9.17) is 10.4 Å². The highest BCUT2D eigenvalue weighted by Gasteiger charge is 2.30. The van der Waals surface area contributed by atoms with Crippen LogP contribution in [0.4, 0.5) is 21.6 Å². The smallest absolute Gasteiger partial charge is 0.135 e. The van der Waals surface area contributed by atoms with Gasteiger partial charge in [0.2, 0.25) is 0 Å². The molecule has 31 heavy (non-hydrogen) atoms. The first kappa shape index (κ1) is 18.9. The Balaban J connectivity index is 1.76. The van der Waals surface area contributed by atoms with Crippen LogP contribution in [-0.4, -0.2) is 9.78 Å². The van der Waals surface area contributed by atoms with Gasteiger partial charge in [-0.3, -0.25) is 0 Å². The molecule has 5 nitrogen and oxygen atoms in total. The maximum atomic E-state index is 13.7. The molecular weight excluding hydrogens is 389 g/mol. The molecule has 2 N–H and O–H groups in total. The van der Waals surface area contributed by atoms with Crippen LogP contribution >= 0.6 is 0 Å². The highest BCUT2D eigenvalue weighted by molar-refractivity contribution is 5.83. The van der Waals surface area contributed by atoms with Crippen LogP contribution < -0.4 is 10.6 Å². The number of hydrogen-bond donors (Lipinski definition) is 2. The van der Waals surface area contributed by atoms with Crippen molar-refractivity contribution in [2.75, 3.05) is 10.6 Å². The van der Waals surface area contributed by atoms with Crippen LogP contribution in [0.3, 0.4) is 0 Å². The van der Waals surface area contributed by atoms with Crippen molar-refractivity contribution in [2.45, 2.75) is 19.0 Å². The Morgan fingerprint density at radius 1 is 0.935 bits per heavy atom. The van der Waals surface area contributed by atoms with Gasteiger partial charge in [0.1, 0.15) is 17.3 Å². The van der Waals surface area contributed by atoms with Crippen molar-refractivity contribution in [3.05, 3.63) is 95.8 Å². The predicted octanol–water partition coefficient (Wildman–Crippen LogP) is 5.86. The maximum Gasteiger partial charge on any atom is 0.135 e. The second-order valence-corrected chi connectivity index (χ2v) is 7.41. The fourth-order valence-corrected chi connectivity index (χ4v) is 3.99. The van der Waals surface area contributed by atoms with Gasteiger partial charge in [-0.15, -0.1) is 0 Å². The number of aromatic nitrogens is 2. The summed E-state index contributed by atoms with van der Waals surface area (Å²) in [7, 11) is 0. The molecule has 2 heterocycles. The van der Waals surface area contributed by atoms with Crippen LogP contribution in [0.15, 0.2) is 78.9 Å². The Kier molecular flexibility index (Phi) is 4.85. The lowest BCUT2D eigenvalue weighted by atomic mass is 9.95. The Hall–Kier alpha value is -4.11. The number of para-hydroxylation sites is 2. The van der Waals surface area contributed by atoms with E-state index in [1.807, 2.05) is 59.3 Å². The lowest BCUT2D eigenvalue weighted by molar-refractivity contribution is 0.626. The minimum absolute atomic E-state index is 0.252. The van der Waals surface area contributed by atoms with Crippen molar-refractivity contribution >= 4 is 17.2 Å². The molecule has 0 spiro atoms. The van der Waals surface area contributed by atoms with Crippen molar-refractivity contribution < 1.29 is 4.39 Å². The molecule has 0 unspecified atom stereocenters. The van der Waals surface area contributed by atoms with Gasteiger partial charge >= 0.3 is 0 Å². The maximum absolute atomic E-state index is 13.7. The van der Waals surface area contributed by atoms with Crippen LogP contribution in [-0.2, 0) is 6.54 Å². The van der Waals surface area contributed by atoms with E-state index in [0.29, 0.717) is 13.0 Å². The third-order valence-electron chi connectivity index (χ3n) is 5.44. The lowest BCUT2D eigenvalue weighted by Crippen LogP contribution is -2.12. The van der Waals surface area contributed by atoms with Crippen LogP contribution in [0.25, 0.3) is 11.3 Å². The average molecular weight is 409 g/mol. The van der Waals surface area contributed by atoms with Crippen LogP contribution in [0, 0.1) is 17.1 Å². The van der Waals surface area contributed by atoms with Gasteiger partial charge in [-0.05, 0) is 29.8 Å². The molecule has 5 rings (SSSR count). The summed E-state index contributed by atoms with van der Waals surface area (Å²) in [5.41, 5.74) is 5.57. The van der Waals surface area contributed by atoms with Gasteiger partial charge in [-0.1, -0.05) is 54.6 Å². The molecule has 3 aromatic carbocycles. The molecule has 0 amide bonds. The van der Waals surface area contributed by atoms with E-state index in [2.05, 4.69) is 16.7 Å². The Bertz CT molecular complexity index is 1260. The van der Waals surface area contributed by atoms with Gasteiger partial charge in [0.25, 0.3) is 0 Å². The molecule has 1 aromatic heterocycles. The molecule has 1 aliphatic heterocycles. The van der Waals surface area contributed by atoms with E-state index in [1.165, 1.54) is 12.1 Å². The molecule has 0 fully saturated rings. The van der Waals surface area contributed by atoms with Crippen LogP contribution in [0.2, 0.25) is 0 Å². The highest BCUT2D eigenvalue weighted by Crippen LogP contribution is 2.44. The van der Waals surface area contributed by atoms with Crippen molar-refractivity contribution in [1.82, 2.24) is 9.78 Å². The quantitative estimate of drug-likeness (QED) is 0.443. The summed E-state index contributed by atoms with van der Waals surface area (Å²) in [6.45, 7) is 0.469. The molecule has 1 atom stereocenters. The zero-order valence-electron chi connectivity index (χ0n) is 16.7. The molecule has 0 aliphatic carbocycles. The van der Waals surface area contributed by atoms with Gasteiger partial charge in [0.05, 0.1) is 36.5 Å². The molecule has 4 aromatic rings. The fraction of sp³-hybridized carbons (Fsp3) is 0.120. The van der Waals surface area contributed by atoms with E-state index in [0.717, 1.165) is 39.6 Å². The number of nitrogens with zero attached hydrogens (tertiary/aromatic N) is 3. The second-order valence-electron chi connectivity index (χ2n) is 7.41. The molecule has 0 saturated heterocycles. The monoisotopic (exact) mass is 409 g/mol. The van der Waals surface area contributed by atoms with Gasteiger partial charge < -0.3 is 10.6 Å². The number of fused-ring (bicyclic) bond motifs is 2. The number of rotatable bonds is 4. The first-order chi connectivity index (χ1) is 15.2. The summed E-state index contributed by atoms with van der Waals surface area (Å²) in [6, 6.07) is 26.5. The van der Waals surface area contributed by atoms with E-state index in [9.17, 15) is 4.39 Å². The van der Waals surface area contributed by atoms with Crippen molar-refractivity contribution in [2.24, 2.45) is 0 Å². The van der Waals surface area contributed by atoms with Crippen molar-refractivity contribution in [3.8, 4) is 17.3 Å². The average Bonchev–Trinajstić information content (AvgIpc) is 3.06. The molecule has 0 bridgehead atoms. The van der Waals surface area contributed by atoms with Gasteiger partial charge in [-0.2, -0.15) is 10.4 Å². The molecule has 0 saturated carbocycles. The molecule has 152 valence electrons. The predicted molar refractivity (Wildman–Crippen MR) is 119 cm³/mol. The number of aryl methyl sites for hydroxylation is 1. The second kappa shape index (κ2) is 7.96. The number of nitriles is 1. The number of halogens is 1. The summed E-state index contributed by atoms with van der Waals surface area (Å²) in [6.07, 6.45) is 0.348. The van der Waals surface area contributed by atoms with E-state index in [1.54, 1.807) is 12.1 Å². The Labute approximate surface area is 179 Å². The SMILES string of the molecule is N#CCCn1nc(-c2ccccc2)c2c1Nc1ccccc1N[C@H]2c1ccc(F)cc1. The minimum Gasteiger partial charge on any atom is -0.372 e. The molecule has 1 aliphatic rings. The van der Waals surface area contributed by atoms with Crippen LogP contribution in [0.5, 0.6) is 0 Å². The van der Waals surface area contributed by atoms with Gasteiger partial charge in [0, 0.05) is 11.1 Å². The summed E-state index contributed by atoms with van der Waals surface area (Å²) in [4.78, 5) is 0. The standard InChI is InChI=1S/C25H20FN5/c26-19-13-11-18(12-14-19)23-22-24(17-7-2-1-3-8-17)30-31(16-6-15-27)25(22)29-21-10-5-4-9-20(21)28-23/h1-5,7-14,23,28-29H,6,16H2/t23-/m0/s1. The fourth-order valence-electron chi connectivity index (χ4n) is 3.99. The normalized spacial score (nSPS) is 14.4. The number of anilines is 3.